The molecule has 7 nitrogen and oxygen atoms in total. The SMILES string of the molecule is CN=C(NCc1ccc(C)cc1OC(C)(C)C)NCC(c1cnn(C)c1)N(C)C. The van der Waals surface area contributed by atoms with Crippen LogP contribution >= 0.6 is 0 Å². The largest absolute Gasteiger partial charge is 0.488 e. The van der Waals surface area contributed by atoms with Gasteiger partial charge in [0.25, 0.3) is 0 Å². The Morgan fingerprint density at radius 1 is 1.28 bits per heavy atom. The summed E-state index contributed by atoms with van der Waals surface area (Å²) in [5.41, 5.74) is 3.20. The zero-order valence-corrected chi connectivity index (χ0v) is 19.1. The summed E-state index contributed by atoms with van der Waals surface area (Å²) in [5, 5.41) is 11.1. The van der Waals surface area contributed by atoms with E-state index in [4.69, 9.17) is 4.74 Å². The van der Waals surface area contributed by atoms with Crippen molar-refractivity contribution in [3.8, 4) is 5.75 Å². The molecule has 1 unspecified atom stereocenters. The third-order valence-corrected chi connectivity index (χ3v) is 4.50. The lowest BCUT2D eigenvalue weighted by molar-refractivity contribution is 0.129. The number of likely N-dealkylation sites (N-methyl/N-ethyl adjacent to an activating group) is 1. The van der Waals surface area contributed by atoms with Crippen LogP contribution in [-0.2, 0) is 13.6 Å². The molecule has 7 heteroatoms. The van der Waals surface area contributed by atoms with E-state index in [1.54, 1.807) is 7.05 Å². The third kappa shape index (κ3) is 7.09. The maximum atomic E-state index is 6.15. The van der Waals surface area contributed by atoms with Gasteiger partial charge in [-0.05, 0) is 53.4 Å². The quantitative estimate of drug-likeness (QED) is 0.553. The summed E-state index contributed by atoms with van der Waals surface area (Å²) >= 11 is 0. The Hall–Kier alpha value is -2.54. The highest BCUT2D eigenvalue weighted by Crippen LogP contribution is 2.24. The van der Waals surface area contributed by atoms with Crippen molar-refractivity contribution in [2.45, 2.75) is 45.9 Å². The number of benzene rings is 1. The molecule has 1 aromatic heterocycles. The summed E-state index contributed by atoms with van der Waals surface area (Å²) in [6.07, 6.45) is 3.95. The normalized spacial score (nSPS) is 13.5. The smallest absolute Gasteiger partial charge is 0.191 e. The van der Waals surface area contributed by atoms with E-state index in [1.807, 2.05) is 24.1 Å². The van der Waals surface area contributed by atoms with Crippen molar-refractivity contribution >= 4 is 5.96 Å². The van der Waals surface area contributed by atoms with Gasteiger partial charge in [-0.25, -0.2) is 0 Å². The molecule has 0 saturated carbocycles. The molecule has 160 valence electrons. The number of guanidine groups is 1. The number of aryl methyl sites for hydroxylation is 2. The molecule has 0 spiro atoms. The average Bonchev–Trinajstić information content (AvgIpc) is 3.03. The molecule has 0 bridgehead atoms. The highest BCUT2D eigenvalue weighted by Gasteiger charge is 2.17. The van der Waals surface area contributed by atoms with Gasteiger partial charge in [0.1, 0.15) is 11.4 Å². The van der Waals surface area contributed by atoms with Gasteiger partial charge >= 0.3 is 0 Å². The van der Waals surface area contributed by atoms with Crippen LogP contribution in [0.25, 0.3) is 0 Å². The first-order chi connectivity index (χ1) is 13.6. The molecule has 2 N–H and O–H groups in total. The first kappa shape index (κ1) is 22.7. The van der Waals surface area contributed by atoms with Crippen molar-refractivity contribution in [2.75, 3.05) is 27.7 Å². The fourth-order valence-corrected chi connectivity index (χ4v) is 3.04. The van der Waals surface area contributed by atoms with Gasteiger partial charge in [-0.15, -0.1) is 0 Å². The van der Waals surface area contributed by atoms with Crippen molar-refractivity contribution in [2.24, 2.45) is 12.0 Å². The zero-order chi connectivity index (χ0) is 21.6. The fourth-order valence-electron chi connectivity index (χ4n) is 3.04. The number of nitrogens with one attached hydrogen (secondary N) is 2. The lowest BCUT2D eigenvalue weighted by atomic mass is 10.1. The lowest BCUT2D eigenvalue weighted by Gasteiger charge is -2.25. The van der Waals surface area contributed by atoms with Crippen LogP contribution in [0.5, 0.6) is 5.75 Å². The zero-order valence-electron chi connectivity index (χ0n) is 19.1. The molecule has 0 aliphatic heterocycles. The number of aliphatic imine (C=N–C) groups is 1. The van der Waals surface area contributed by atoms with E-state index in [0.717, 1.165) is 23.8 Å². The summed E-state index contributed by atoms with van der Waals surface area (Å²) in [7, 11) is 7.85. The Morgan fingerprint density at radius 2 is 2.00 bits per heavy atom. The van der Waals surface area contributed by atoms with Crippen LogP contribution in [0.4, 0.5) is 0 Å². The Bertz CT molecular complexity index is 819. The van der Waals surface area contributed by atoms with E-state index >= 15 is 0 Å². The molecule has 2 aromatic rings. The van der Waals surface area contributed by atoms with Crippen LogP contribution in [0.2, 0.25) is 0 Å². The predicted octanol–water partition coefficient (Wildman–Crippen LogP) is 2.87. The second kappa shape index (κ2) is 9.78. The molecule has 2 rings (SSSR count). The monoisotopic (exact) mass is 400 g/mol. The van der Waals surface area contributed by atoms with Crippen molar-refractivity contribution in [3.63, 3.8) is 0 Å². The Kier molecular flexibility index (Phi) is 7.67. The van der Waals surface area contributed by atoms with Gasteiger partial charge in [-0.3, -0.25) is 9.67 Å². The Balaban J connectivity index is 2.02. The van der Waals surface area contributed by atoms with Crippen LogP contribution in [0.3, 0.4) is 0 Å². The minimum atomic E-state index is -0.245. The van der Waals surface area contributed by atoms with Crippen LogP contribution < -0.4 is 15.4 Å². The van der Waals surface area contributed by atoms with Gasteiger partial charge in [0.05, 0.1) is 12.2 Å². The highest BCUT2D eigenvalue weighted by atomic mass is 16.5. The van der Waals surface area contributed by atoms with E-state index in [9.17, 15) is 0 Å². The van der Waals surface area contributed by atoms with Gasteiger partial charge in [-0.1, -0.05) is 12.1 Å². The van der Waals surface area contributed by atoms with E-state index in [0.29, 0.717) is 6.54 Å². The Labute approximate surface area is 175 Å². The summed E-state index contributed by atoms with van der Waals surface area (Å²) in [4.78, 5) is 6.54. The van der Waals surface area contributed by atoms with E-state index in [-0.39, 0.29) is 11.6 Å². The number of hydrogen-bond acceptors (Lipinski definition) is 4. The summed E-state index contributed by atoms with van der Waals surface area (Å²) in [5.74, 6) is 1.66. The van der Waals surface area contributed by atoms with Gasteiger partial charge in [0, 0.05) is 44.5 Å². The van der Waals surface area contributed by atoms with Gasteiger partial charge in [0.15, 0.2) is 5.96 Å². The summed E-state index contributed by atoms with van der Waals surface area (Å²) in [6, 6.07) is 6.49. The van der Waals surface area contributed by atoms with Gasteiger partial charge < -0.3 is 20.3 Å². The van der Waals surface area contributed by atoms with Crippen molar-refractivity contribution in [1.29, 1.82) is 0 Å². The fraction of sp³-hybridized carbons (Fsp3) is 0.545. The van der Waals surface area contributed by atoms with Gasteiger partial charge in [-0.2, -0.15) is 5.10 Å². The maximum absolute atomic E-state index is 6.15. The number of aromatic nitrogens is 2. The number of rotatable bonds is 7. The molecule has 0 aliphatic rings. The minimum absolute atomic E-state index is 0.196. The van der Waals surface area contributed by atoms with E-state index in [1.165, 1.54) is 11.1 Å². The van der Waals surface area contributed by atoms with Crippen molar-refractivity contribution in [3.05, 3.63) is 47.3 Å². The molecule has 0 fully saturated rings. The molecular weight excluding hydrogens is 364 g/mol. The molecule has 0 saturated heterocycles. The first-order valence-corrected chi connectivity index (χ1v) is 9.97. The molecule has 0 amide bonds. The van der Waals surface area contributed by atoms with Crippen molar-refractivity contribution in [1.82, 2.24) is 25.3 Å². The van der Waals surface area contributed by atoms with Crippen LogP contribution in [0.15, 0.2) is 35.6 Å². The summed E-state index contributed by atoms with van der Waals surface area (Å²) < 4.78 is 7.98. The standard InChI is InChI=1S/C22H36N6O/c1-16-9-10-17(20(11-16)29-22(2,3)4)12-24-21(23-5)25-14-19(27(6)7)18-13-26-28(8)15-18/h9-11,13,15,19H,12,14H2,1-8H3,(H2,23,24,25). The molecule has 29 heavy (non-hydrogen) atoms. The number of ether oxygens (including phenoxy) is 1. The summed E-state index contributed by atoms with van der Waals surface area (Å²) in [6.45, 7) is 9.61. The average molecular weight is 401 g/mol. The van der Waals surface area contributed by atoms with E-state index in [2.05, 4.69) is 85.6 Å². The minimum Gasteiger partial charge on any atom is -0.488 e. The maximum Gasteiger partial charge on any atom is 0.191 e. The van der Waals surface area contributed by atoms with Gasteiger partial charge in [0.2, 0.25) is 0 Å². The first-order valence-electron chi connectivity index (χ1n) is 9.97. The second-order valence-corrected chi connectivity index (χ2v) is 8.56. The highest BCUT2D eigenvalue weighted by molar-refractivity contribution is 5.79. The predicted molar refractivity (Wildman–Crippen MR) is 119 cm³/mol. The number of nitrogens with zero attached hydrogens (tertiary/aromatic N) is 4. The molecule has 1 heterocycles. The van der Waals surface area contributed by atoms with Crippen molar-refractivity contribution < 1.29 is 4.74 Å². The molecular formula is C22H36N6O. The van der Waals surface area contributed by atoms with E-state index < -0.39 is 0 Å². The third-order valence-electron chi connectivity index (χ3n) is 4.50. The van der Waals surface area contributed by atoms with Crippen LogP contribution in [0.1, 0.15) is 43.5 Å². The molecule has 0 aliphatic carbocycles. The Morgan fingerprint density at radius 3 is 2.55 bits per heavy atom. The number of hydrogen-bond donors (Lipinski definition) is 2. The molecule has 1 aromatic carbocycles. The lowest BCUT2D eigenvalue weighted by Crippen LogP contribution is -2.41. The molecule has 0 radical (unpaired) electrons. The van der Waals surface area contributed by atoms with Crippen LogP contribution in [-0.4, -0.2) is 53.9 Å². The topological polar surface area (TPSA) is 66.7 Å². The second-order valence-electron chi connectivity index (χ2n) is 8.56. The molecule has 1 atom stereocenters. The van der Waals surface area contributed by atoms with Crippen LogP contribution in [0, 0.1) is 6.92 Å².